The van der Waals surface area contributed by atoms with Gasteiger partial charge in [-0.15, -0.1) is 0 Å². The van der Waals surface area contributed by atoms with Crippen molar-refractivity contribution in [1.82, 2.24) is 9.80 Å². The molecule has 2 atom stereocenters. The number of likely N-dealkylation sites (tertiary alicyclic amines) is 1. The number of rotatable bonds is 8. The van der Waals surface area contributed by atoms with Gasteiger partial charge in [-0.25, -0.2) is 0 Å². The first kappa shape index (κ1) is 26.9. The average Bonchev–Trinajstić information content (AvgIpc) is 3.25. The summed E-state index contributed by atoms with van der Waals surface area (Å²) >= 11 is 0. The first-order valence-electron chi connectivity index (χ1n) is 12.9. The summed E-state index contributed by atoms with van der Waals surface area (Å²) in [5.41, 5.74) is 3.05. The van der Waals surface area contributed by atoms with E-state index in [4.69, 9.17) is 0 Å². The third kappa shape index (κ3) is 7.01. The summed E-state index contributed by atoms with van der Waals surface area (Å²) in [5, 5.41) is 0. The second-order valence-electron chi connectivity index (χ2n) is 10.6. The number of hydrogen-bond donors (Lipinski definition) is 0. The van der Waals surface area contributed by atoms with Gasteiger partial charge < -0.3 is 4.90 Å². The molecular weight excluding hydrogens is 473 g/mol. The third-order valence-corrected chi connectivity index (χ3v) is 7.00. The summed E-state index contributed by atoms with van der Waals surface area (Å²) in [4.78, 5) is 17.7. The molecule has 1 aliphatic heterocycles. The van der Waals surface area contributed by atoms with E-state index in [1.54, 1.807) is 6.07 Å². The normalized spacial score (nSPS) is 18.4. The van der Waals surface area contributed by atoms with E-state index in [2.05, 4.69) is 43.9 Å². The highest BCUT2D eigenvalue weighted by Gasteiger charge is 2.38. The lowest BCUT2D eigenvalue weighted by Crippen LogP contribution is -2.39. The molecule has 1 aliphatic rings. The van der Waals surface area contributed by atoms with E-state index in [9.17, 15) is 18.0 Å². The van der Waals surface area contributed by atoms with Crippen molar-refractivity contribution in [2.24, 2.45) is 11.8 Å². The summed E-state index contributed by atoms with van der Waals surface area (Å²) in [6.07, 6.45) is -4.39. The average molecular weight is 509 g/mol. The maximum atomic E-state index is 13.5. The van der Waals surface area contributed by atoms with Gasteiger partial charge in [-0.05, 0) is 48.1 Å². The Balaban J connectivity index is 1.63. The number of aryl methyl sites for hydroxylation is 1. The van der Waals surface area contributed by atoms with Crippen LogP contribution in [0.2, 0.25) is 0 Å². The molecule has 6 heteroatoms. The Morgan fingerprint density at radius 3 is 2.38 bits per heavy atom. The second-order valence-corrected chi connectivity index (χ2v) is 10.6. The van der Waals surface area contributed by atoms with E-state index in [1.165, 1.54) is 23.3 Å². The summed E-state index contributed by atoms with van der Waals surface area (Å²) in [6.45, 7) is 9.39. The highest BCUT2D eigenvalue weighted by atomic mass is 19.4. The minimum absolute atomic E-state index is 0.0136. The van der Waals surface area contributed by atoms with Gasteiger partial charge in [0.25, 0.3) is 5.91 Å². The van der Waals surface area contributed by atoms with Crippen molar-refractivity contribution in [3.8, 4) is 0 Å². The molecule has 0 N–H and O–H groups in total. The molecule has 1 saturated heterocycles. The molecule has 1 fully saturated rings. The Kier molecular flexibility index (Phi) is 8.38. The highest BCUT2D eigenvalue weighted by Crippen LogP contribution is 2.37. The van der Waals surface area contributed by atoms with E-state index in [0.29, 0.717) is 37.3 Å². The Hall–Kier alpha value is -3.12. The van der Waals surface area contributed by atoms with Crippen molar-refractivity contribution in [3.63, 3.8) is 0 Å². The fraction of sp³-hybridized carbons (Fsp3) is 0.387. The van der Waals surface area contributed by atoms with Crippen LogP contribution in [-0.2, 0) is 12.7 Å². The van der Waals surface area contributed by atoms with E-state index in [0.717, 1.165) is 12.6 Å². The first-order valence-corrected chi connectivity index (χ1v) is 12.9. The van der Waals surface area contributed by atoms with E-state index >= 15 is 0 Å². The smallest absolute Gasteiger partial charge is 0.338 e. The molecule has 1 heterocycles. The number of alkyl halides is 3. The van der Waals surface area contributed by atoms with Crippen molar-refractivity contribution >= 4 is 5.91 Å². The molecule has 0 saturated carbocycles. The lowest BCUT2D eigenvalue weighted by atomic mass is 9.87. The predicted octanol–water partition coefficient (Wildman–Crippen LogP) is 7.03. The van der Waals surface area contributed by atoms with Crippen LogP contribution in [-0.4, -0.2) is 41.9 Å². The number of carbonyl (C=O) groups is 1. The molecule has 3 aromatic carbocycles. The molecule has 3 aromatic rings. The van der Waals surface area contributed by atoms with Crippen LogP contribution in [0.4, 0.5) is 13.2 Å². The first-order chi connectivity index (χ1) is 17.6. The lowest BCUT2D eigenvalue weighted by molar-refractivity contribution is -0.137. The van der Waals surface area contributed by atoms with Crippen molar-refractivity contribution in [2.75, 3.05) is 26.2 Å². The molecule has 0 unspecified atom stereocenters. The molecule has 0 bridgehead atoms. The van der Waals surface area contributed by atoms with Crippen molar-refractivity contribution in [3.05, 3.63) is 107 Å². The maximum absolute atomic E-state index is 13.5. The number of hydrogen-bond acceptors (Lipinski definition) is 2. The molecule has 0 radical (unpaired) electrons. The van der Waals surface area contributed by atoms with Crippen LogP contribution in [0.1, 0.15) is 52.4 Å². The SMILES string of the molecule is Cc1cccc(CN2C[C@H](CN(CC(C)C)C(=O)c3ccccc3)[C@H](c3cccc(C(F)(F)F)c3)C2)c1. The molecule has 0 spiro atoms. The lowest BCUT2D eigenvalue weighted by Gasteiger charge is -2.30. The van der Waals surface area contributed by atoms with Gasteiger partial charge in [-0.2, -0.15) is 13.2 Å². The van der Waals surface area contributed by atoms with Crippen LogP contribution in [0.5, 0.6) is 0 Å². The molecule has 4 rings (SSSR count). The van der Waals surface area contributed by atoms with Crippen LogP contribution >= 0.6 is 0 Å². The summed E-state index contributed by atoms with van der Waals surface area (Å²) in [6, 6.07) is 23.3. The highest BCUT2D eigenvalue weighted by molar-refractivity contribution is 5.94. The van der Waals surface area contributed by atoms with Crippen LogP contribution in [0, 0.1) is 18.8 Å². The molecule has 37 heavy (non-hydrogen) atoms. The van der Waals surface area contributed by atoms with Gasteiger partial charge in [-0.1, -0.05) is 80.1 Å². The van der Waals surface area contributed by atoms with Gasteiger partial charge in [0.05, 0.1) is 5.56 Å². The zero-order valence-electron chi connectivity index (χ0n) is 21.7. The zero-order chi connectivity index (χ0) is 26.6. The molecule has 3 nitrogen and oxygen atoms in total. The molecule has 1 amide bonds. The zero-order valence-corrected chi connectivity index (χ0v) is 21.7. The largest absolute Gasteiger partial charge is 0.416 e. The van der Waals surface area contributed by atoms with Crippen molar-refractivity contribution < 1.29 is 18.0 Å². The number of halogens is 3. The Morgan fingerprint density at radius 2 is 1.70 bits per heavy atom. The Labute approximate surface area is 217 Å². The van der Waals surface area contributed by atoms with E-state index in [-0.39, 0.29) is 23.7 Å². The monoisotopic (exact) mass is 508 g/mol. The predicted molar refractivity (Wildman–Crippen MR) is 141 cm³/mol. The fourth-order valence-corrected chi connectivity index (χ4v) is 5.39. The van der Waals surface area contributed by atoms with Crippen molar-refractivity contribution in [2.45, 2.75) is 39.4 Å². The minimum atomic E-state index is -4.39. The topological polar surface area (TPSA) is 23.6 Å². The van der Waals surface area contributed by atoms with Gasteiger partial charge in [0, 0.05) is 44.2 Å². The van der Waals surface area contributed by atoms with Gasteiger partial charge in [0.1, 0.15) is 0 Å². The van der Waals surface area contributed by atoms with Crippen LogP contribution in [0.15, 0.2) is 78.9 Å². The van der Waals surface area contributed by atoms with Gasteiger partial charge >= 0.3 is 6.18 Å². The second kappa shape index (κ2) is 11.5. The standard InChI is InChI=1S/C31H35F3N2O/c1-22(2)17-36(30(37)25-11-5-4-6-12-25)20-27-19-35(18-24-10-7-9-23(3)15-24)21-29(27)26-13-8-14-28(16-26)31(32,33)34/h4-16,22,27,29H,17-21H2,1-3H3/t27-,29+/m1/s1. The quantitative estimate of drug-likeness (QED) is 0.326. The van der Waals surface area contributed by atoms with Crippen LogP contribution in [0.25, 0.3) is 0 Å². The van der Waals surface area contributed by atoms with Crippen LogP contribution in [0.3, 0.4) is 0 Å². The number of amides is 1. The summed E-state index contributed by atoms with van der Waals surface area (Å²) in [7, 11) is 0. The van der Waals surface area contributed by atoms with E-state index < -0.39 is 11.7 Å². The molecule has 0 aliphatic carbocycles. The third-order valence-electron chi connectivity index (χ3n) is 7.00. The van der Waals surface area contributed by atoms with Crippen LogP contribution < -0.4 is 0 Å². The maximum Gasteiger partial charge on any atom is 0.416 e. The summed E-state index contributed by atoms with van der Waals surface area (Å²) in [5.74, 6) is 0.142. The molecular formula is C31H35F3N2O. The molecule has 0 aromatic heterocycles. The van der Waals surface area contributed by atoms with Gasteiger partial charge in [0.2, 0.25) is 0 Å². The number of benzene rings is 3. The summed E-state index contributed by atoms with van der Waals surface area (Å²) < 4.78 is 40.6. The fourth-order valence-electron chi connectivity index (χ4n) is 5.39. The minimum Gasteiger partial charge on any atom is -0.338 e. The van der Waals surface area contributed by atoms with Gasteiger partial charge in [-0.3, -0.25) is 9.69 Å². The Bertz CT molecular complexity index is 1190. The van der Waals surface area contributed by atoms with Crippen molar-refractivity contribution in [1.29, 1.82) is 0 Å². The van der Waals surface area contributed by atoms with E-state index in [1.807, 2.05) is 41.3 Å². The molecule has 196 valence electrons. The number of nitrogens with zero attached hydrogens (tertiary/aromatic N) is 2. The Morgan fingerprint density at radius 1 is 0.973 bits per heavy atom. The van der Waals surface area contributed by atoms with Gasteiger partial charge in [0.15, 0.2) is 0 Å². The number of carbonyl (C=O) groups excluding carboxylic acids is 1.